The Morgan fingerprint density at radius 1 is 0.923 bits per heavy atom. The van der Waals surface area contributed by atoms with Crippen molar-refractivity contribution >= 4 is 17.5 Å². The summed E-state index contributed by atoms with van der Waals surface area (Å²) in [7, 11) is 7.75. The molecule has 0 aliphatic heterocycles. The molecule has 138 valence electrons. The Kier molecular flexibility index (Phi) is 6.06. The first kappa shape index (κ1) is 19.1. The van der Waals surface area contributed by atoms with Gasteiger partial charge in [-0.05, 0) is 24.3 Å². The minimum absolute atomic E-state index is 0.203. The van der Waals surface area contributed by atoms with Crippen LogP contribution in [0.3, 0.4) is 0 Å². The lowest BCUT2D eigenvalue weighted by Crippen LogP contribution is -2.24. The van der Waals surface area contributed by atoms with Gasteiger partial charge in [0.2, 0.25) is 5.75 Å². The summed E-state index contributed by atoms with van der Waals surface area (Å²) in [5.41, 5.74) is 1.13. The van der Waals surface area contributed by atoms with Gasteiger partial charge in [-0.2, -0.15) is 0 Å². The van der Waals surface area contributed by atoms with Gasteiger partial charge in [-0.25, -0.2) is 0 Å². The molecule has 2 aromatic carbocycles. The van der Waals surface area contributed by atoms with E-state index in [9.17, 15) is 9.59 Å². The number of nitrogens with one attached hydrogen (secondary N) is 1. The predicted molar refractivity (Wildman–Crippen MR) is 98.5 cm³/mol. The van der Waals surface area contributed by atoms with Crippen molar-refractivity contribution in [1.29, 1.82) is 0 Å². The van der Waals surface area contributed by atoms with Crippen LogP contribution >= 0.6 is 0 Å². The summed E-state index contributed by atoms with van der Waals surface area (Å²) in [6.07, 6.45) is 0. The molecule has 26 heavy (non-hydrogen) atoms. The molecule has 0 saturated carbocycles. The highest BCUT2D eigenvalue weighted by atomic mass is 16.5. The van der Waals surface area contributed by atoms with Gasteiger partial charge in [0.1, 0.15) is 0 Å². The second-order valence-electron chi connectivity index (χ2n) is 5.61. The third kappa shape index (κ3) is 3.88. The van der Waals surface area contributed by atoms with E-state index >= 15 is 0 Å². The van der Waals surface area contributed by atoms with Crippen LogP contribution in [-0.2, 0) is 0 Å². The molecule has 0 atom stereocenters. The highest BCUT2D eigenvalue weighted by Crippen LogP contribution is 2.38. The van der Waals surface area contributed by atoms with E-state index in [2.05, 4.69) is 5.32 Å². The molecule has 0 heterocycles. The fraction of sp³-hybridized carbons (Fsp3) is 0.263. The van der Waals surface area contributed by atoms with Crippen molar-refractivity contribution in [2.45, 2.75) is 0 Å². The third-order valence-electron chi connectivity index (χ3n) is 3.74. The van der Waals surface area contributed by atoms with E-state index < -0.39 is 5.91 Å². The zero-order valence-electron chi connectivity index (χ0n) is 15.5. The van der Waals surface area contributed by atoms with Crippen LogP contribution in [0.4, 0.5) is 5.69 Å². The van der Waals surface area contributed by atoms with Crippen molar-refractivity contribution in [3.63, 3.8) is 0 Å². The SMILES string of the molecule is COc1cc(C(=O)Nc2ccccc2C(=O)N(C)C)cc(OC)c1OC. The largest absolute Gasteiger partial charge is 0.493 e. The maximum absolute atomic E-state index is 12.7. The highest BCUT2D eigenvalue weighted by Gasteiger charge is 2.19. The van der Waals surface area contributed by atoms with Gasteiger partial charge < -0.3 is 24.4 Å². The molecule has 0 aliphatic carbocycles. The van der Waals surface area contributed by atoms with E-state index in [1.807, 2.05) is 0 Å². The number of amides is 2. The number of hydrogen-bond donors (Lipinski definition) is 1. The molecular formula is C19H22N2O5. The van der Waals surface area contributed by atoms with Crippen LogP contribution in [0.2, 0.25) is 0 Å². The molecular weight excluding hydrogens is 336 g/mol. The summed E-state index contributed by atoms with van der Waals surface area (Å²) in [6, 6.07) is 9.92. The average Bonchev–Trinajstić information content (AvgIpc) is 2.66. The lowest BCUT2D eigenvalue weighted by atomic mass is 10.1. The standard InChI is InChI=1S/C19H22N2O5/c1-21(2)19(23)13-8-6-7-9-14(13)20-18(22)12-10-15(24-3)17(26-5)16(11-12)25-4/h6-11H,1-5H3,(H,20,22). The molecule has 0 aromatic heterocycles. The van der Waals surface area contributed by atoms with Gasteiger partial charge in [0.15, 0.2) is 11.5 Å². The van der Waals surface area contributed by atoms with Crippen LogP contribution in [-0.4, -0.2) is 52.1 Å². The second-order valence-corrected chi connectivity index (χ2v) is 5.61. The van der Waals surface area contributed by atoms with Crippen LogP contribution in [0.25, 0.3) is 0 Å². The molecule has 1 N–H and O–H groups in total. The first-order chi connectivity index (χ1) is 12.4. The smallest absolute Gasteiger partial charge is 0.255 e. The molecule has 0 radical (unpaired) electrons. The topological polar surface area (TPSA) is 77.1 Å². The number of carbonyl (C=O) groups excluding carboxylic acids is 2. The van der Waals surface area contributed by atoms with Gasteiger partial charge in [-0.15, -0.1) is 0 Å². The van der Waals surface area contributed by atoms with Crippen molar-refractivity contribution < 1.29 is 23.8 Å². The summed E-state index contributed by atoms with van der Waals surface area (Å²) >= 11 is 0. The van der Waals surface area contributed by atoms with E-state index in [0.717, 1.165) is 0 Å². The predicted octanol–water partition coefficient (Wildman–Crippen LogP) is 2.67. The number of ether oxygens (including phenoxy) is 3. The van der Waals surface area contributed by atoms with Gasteiger partial charge in [-0.3, -0.25) is 9.59 Å². The maximum Gasteiger partial charge on any atom is 0.255 e. The lowest BCUT2D eigenvalue weighted by molar-refractivity contribution is 0.0828. The summed E-state index contributed by atoms with van der Waals surface area (Å²) in [4.78, 5) is 26.4. The van der Waals surface area contributed by atoms with E-state index in [4.69, 9.17) is 14.2 Å². The molecule has 0 bridgehead atoms. The molecule has 0 unspecified atom stereocenters. The summed E-state index contributed by atoms with van der Waals surface area (Å²) in [6.45, 7) is 0. The van der Waals surface area contributed by atoms with Crippen LogP contribution in [0.1, 0.15) is 20.7 Å². The number of anilines is 1. The lowest BCUT2D eigenvalue weighted by Gasteiger charge is -2.16. The van der Waals surface area contributed by atoms with Crippen LogP contribution in [0.5, 0.6) is 17.2 Å². The van der Waals surface area contributed by atoms with Crippen LogP contribution < -0.4 is 19.5 Å². The minimum Gasteiger partial charge on any atom is -0.493 e. The maximum atomic E-state index is 12.7. The first-order valence-electron chi connectivity index (χ1n) is 7.85. The number of hydrogen-bond acceptors (Lipinski definition) is 5. The Balaban J connectivity index is 2.39. The van der Waals surface area contributed by atoms with Crippen molar-refractivity contribution in [3.8, 4) is 17.2 Å². The Labute approximate surface area is 152 Å². The Bertz CT molecular complexity index is 792. The quantitative estimate of drug-likeness (QED) is 0.859. The summed E-state index contributed by atoms with van der Waals surface area (Å²) in [5.74, 6) is 0.535. The number of methoxy groups -OCH3 is 3. The first-order valence-corrected chi connectivity index (χ1v) is 7.85. The van der Waals surface area contributed by atoms with E-state index in [1.54, 1.807) is 50.5 Å². The zero-order valence-corrected chi connectivity index (χ0v) is 15.5. The fourth-order valence-corrected chi connectivity index (χ4v) is 2.43. The van der Waals surface area contributed by atoms with Crippen molar-refractivity contribution in [3.05, 3.63) is 47.5 Å². The zero-order chi connectivity index (χ0) is 19.3. The number of benzene rings is 2. The second kappa shape index (κ2) is 8.24. The molecule has 0 aliphatic rings. The molecule has 2 rings (SSSR count). The van der Waals surface area contributed by atoms with Gasteiger partial charge in [-0.1, -0.05) is 12.1 Å². The summed E-state index contributed by atoms with van der Waals surface area (Å²) < 4.78 is 15.8. The van der Waals surface area contributed by atoms with Crippen molar-refractivity contribution in [1.82, 2.24) is 4.90 Å². The number of rotatable bonds is 6. The van der Waals surface area contributed by atoms with Gasteiger partial charge in [0, 0.05) is 19.7 Å². The monoisotopic (exact) mass is 358 g/mol. The Morgan fingerprint density at radius 3 is 2.00 bits per heavy atom. The molecule has 0 saturated heterocycles. The molecule has 0 fully saturated rings. The normalized spacial score (nSPS) is 10.0. The summed E-state index contributed by atoms with van der Waals surface area (Å²) in [5, 5.41) is 2.76. The molecule has 2 aromatic rings. The number of carbonyl (C=O) groups is 2. The highest BCUT2D eigenvalue weighted by molar-refractivity contribution is 6.09. The van der Waals surface area contributed by atoms with Crippen molar-refractivity contribution in [2.24, 2.45) is 0 Å². The van der Waals surface area contributed by atoms with Crippen LogP contribution in [0.15, 0.2) is 36.4 Å². The Morgan fingerprint density at radius 2 is 1.50 bits per heavy atom. The van der Waals surface area contributed by atoms with E-state index in [0.29, 0.717) is 34.1 Å². The van der Waals surface area contributed by atoms with E-state index in [1.165, 1.54) is 26.2 Å². The van der Waals surface area contributed by atoms with Gasteiger partial charge >= 0.3 is 0 Å². The molecule has 7 heteroatoms. The van der Waals surface area contributed by atoms with Gasteiger partial charge in [0.25, 0.3) is 11.8 Å². The van der Waals surface area contributed by atoms with E-state index in [-0.39, 0.29) is 5.91 Å². The van der Waals surface area contributed by atoms with Gasteiger partial charge in [0.05, 0.1) is 32.6 Å². The fourth-order valence-electron chi connectivity index (χ4n) is 2.43. The Hall–Kier alpha value is -3.22. The minimum atomic E-state index is -0.400. The molecule has 7 nitrogen and oxygen atoms in total. The number of para-hydroxylation sites is 1. The third-order valence-corrected chi connectivity index (χ3v) is 3.74. The average molecular weight is 358 g/mol. The number of nitrogens with zero attached hydrogens (tertiary/aromatic N) is 1. The van der Waals surface area contributed by atoms with Crippen molar-refractivity contribution in [2.75, 3.05) is 40.7 Å². The van der Waals surface area contributed by atoms with Crippen LogP contribution in [0, 0.1) is 0 Å². The molecule has 0 spiro atoms. The molecule has 2 amide bonds.